The van der Waals surface area contributed by atoms with Gasteiger partial charge in [0.1, 0.15) is 5.82 Å². The lowest BCUT2D eigenvalue weighted by Gasteiger charge is -1.98. The summed E-state index contributed by atoms with van der Waals surface area (Å²) in [6.45, 7) is 0. The third-order valence-corrected chi connectivity index (χ3v) is 3.11. The van der Waals surface area contributed by atoms with E-state index in [1.165, 1.54) is 6.07 Å². The number of rotatable bonds is 1. The number of halogens is 1. The molecule has 0 aliphatic rings. The van der Waals surface area contributed by atoms with Crippen LogP contribution in [0.3, 0.4) is 0 Å². The molecule has 0 saturated heterocycles. The zero-order valence-corrected chi connectivity index (χ0v) is 10.2. The lowest BCUT2D eigenvalue weighted by molar-refractivity contribution is 0.624. The van der Waals surface area contributed by atoms with E-state index in [1.54, 1.807) is 30.0 Å². The van der Waals surface area contributed by atoms with Gasteiger partial charge in [-0.2, -0.15) is 0 Å². The summed E-state index contributed by atoms with van der Waals surface area (Å²) in [5.74, 6) is 5.60. The minimum atomic E-state index is -0.276. The largest absolute Gasteiger partial charge is 0.206 e. The molecule has 0 saturated carbocycles. The molecule has 0 radical (unpaired) electrons. The average Bonchev–Trinajstić information content (AvgIpc) is 2.38. The molecule has 0 N–H and O–H groups in total. The van der Waals surface area contributed by atoms with Crippen LogP contribution in [-0.2, 0) is 0 Å². The first-order chi connectivity index (χ1) is 8.31. The van der Waals surface area contributed by atoms with Crippen LogP contribution >= 0.6 is 11.8 Å². The fourth-order valence-corrected chi connectivity index (χ4v) is 2.00. The highest BCUT2D eigenvalue weighted by molar-refractivity contribution is 7.98. The highest BCUT2D eigenvalue weighted by Gasteiger charge is 1.97. The number of hydrogen-bond acceptors (Lipinski definition) is 1. The van der Waals surface area contributed by atoms with Crippen LogP contribution in [0.15, 0.2) is 53.4 Å². The first kappa shape index (κ1) is 11.8. The van der Waals surface area contributed by atoms with Crippen molar-refractivity contribution in [3.8, 4) is 11.8 Å². The van der Waals surface area contributed by atoms with Gasteiger partial charge in [0.25, 0.3) is 0 Å². The van der Waals surface area contributed by atoms with Crippen molar-refractivity contribution in [3.05, 3.63) is 65.5 Å². The number of benzene rings is 2. The molecule has 2 aromatic rings. The average molecular weight is 242 g/mol. The van der Waals surface area contributed by atoms with Crippen molar-refractivity contribution in [1.82, 2.24) is 0 Å². The van der Waals surface area contributed by atoms with Gasteiger partial charge in [0.15, 0.2) is 0 Å². The van der Waals surface area contributed by atoms with Gasteiger partial charge >= 0.3 is 0 Å². The molecular weight excluding hydrogens is 231 g/mol. The molecule has 84 valence electrons. The van der Waals surface area contributed by atoms with Crippen LogP contribution in [0.2, 0.25) is 0 Å². The summed E-state index contributed by atoms with van der Waals surface area (Å²) < 4.78 is 13.4. The van der Waals surface area contributed by atoms with Gasteiger partial charge in [-0.1, -0.05) is 36.1 Å². The topological polar surface area (TPSA) is 0 Å². The third-order valence-electron chi connectivity index (χ3n) is 2.31. The Kier molecular flexibility index (Phi) is 3.85. The Morgan fingerprint density at radius 3 is 2.18 bits per heavy atom. The first-order valence-electron chi connectivity index (χ1n) is 5.21. The van der Waals surface area contributed by atoms with Gasteiger partial charge in [0.2, 0.25) is 0 Å². The predicted octanol–water partition coefficient (Wildman–Crippen LogP) is 3.95. The lowest BCUT2D eigenvalue weighted by Crippen LogP contribution is -1.83. The molecular formula is C15H11FS. The van der Waals surface area contributed by atoms with Crippen molar-refractivity contribution in [2.75, 3.05) is 6.26 Å². The van der Waals surface area contributed by atoms with Crippen LogP contribution in [0.4, 0.5) is 4.39 Å². The Morgan fingerprint density at radius 1 is 0.882 bits per heavy atom. The van der Waals surface area contributed by atoms with Crippen LogP contribution in [0.5, 0.6) is 0 Å². The van der Waals surface area contributed by atoms with Crippen LogP contribution in [0.25, 0.3) is 0 Å². The van der Waals surface area contributed by atoms with Gasteiger partial charge in [-0.25, -0.2) is 4.39 Å². The van der Waals surface area contributed by atoms with Crippen molar-refractivity contribution in [3.63, 3.8) is 0 Å². The van der Waals surface area contributed by atoms with E-state index in [2.05, 4.69) is 11.8 Å². The lowest BCUT2D eigenvalue weighted by atomic mass is 10.2. The normalized spacial score (nSPS) is 9.53. The van der Waals surface area contributed by atoms with Crippen molar-refractivity contribution < 1.29 is 4.39 Å². The molecule has 0 spiro atoms. The summed E-state index contributed by atoms with van der Waals surface area (Å²) in [6, 6.07) is 14.4. The van der Waals surface area contributed by atoms with E-state index in [-0.39, 0.29) is 5.82 Å². The van der Waals surface area contributed by atoms with Crippen LogP contribution < -0.4 is 0 Å². The molecule has 2 rings (SSSR count). The molecule has 0 bridgehead atoms. The first-order valence-corrected chi connectivity index (χ1v) is 6.43. The number of thioether (sulfide) groups is 1. The second kappa shape index (κ2) is 5.56. The molecule has 0 nitrogen and oxygen atoms in total. The zero-order valence-electron chi connectivity index (χ0n) is 9.41. The summed E-state index contributed by atoms with van der Waals surface area (Å²) in [5, 5.41) is 0. The van der Waals surface area contributed by atoms with E-state index in [0.29, 0.717) is 5.56 Å². The maximum Gasteiger partial charge on any atom is 0.138 e. The fourth-order valence-electron chi connectivity index (χ4n) is 1.45. The summed E-state index contributed by atoms with van der Waals surface area (Å²) in [4.78, 5) is 1.11. The highest BCUT2D eigenvalue weighted by atomic mass is 32.2. The van der Waals surface area contributed by atoms with Crippen molar-refractivity contribution in [2.45, 2.75) is 4.90 Å². The van der Waals surface area contributed by atoms with Crippen molar-refractivity contribution in [2.24, 2.45) is 0 Å². The van der Waals surface area contributed by atoms with E-state index in [9.17, 15) is 4.39 Å². The second-order valence-corrected chi connectivity index (χ2v) is 4.28. The van der Waals surface area contributed by atoms with Gasteiger partial charge in [0.05, 0.1) is 5.56 Å². The molecule has 0 amide bonds. The third kappa shape index (κ3) is 2.89. The predicted molar refractivity (Wildman–Crippen MR) is 70.6 cm³/mol. The van der Waals surface area contributed by atoms with E-state index >= 15 is 0 Å². The smallest absolute Gasteiger partial charge is 0.138 e. The molecule has 2 heteroatoms. The monoisotopic (exact) mass is 242 g/mol. The van der Waals surface area contributed by atoms with Crippen molar-refractivity contribution in [1.29, 1.82) is 0 Å². The Labute approximate surface area is 105 Å². The minimum Gasteiger partial charge on any atom is -0.206 e. The van der Waals surface area contributed by atoms with Gasteiger partial charge in [-0.3, -0.25) is 0 Å². The van der Waals surface area contributed by atoms with Crippen LogP contribution in [0.1, 0.15) is 11.1 Å². The molecule has 0 aliphatic heterocycles. The molecule has 0 heterocycles. The van der Waals surface area contributed by atoms with E-state index < -0.39 is 0 Å². The zero-order chi connectivity index (χ0) is 12.1. The molecule has 0 atom stereocenters. The van der Waals surface area contributed by atoms with Crippen LogP contribution in [0, 0.1) is 17.7 Å². The second-order valence-electron chi connectivity index (χ2n) is 3.43. The molecule has 0 aromatic heterocycles. The summed E-state index contributed by atoms with van der Waals surface area (Å²) in [5.41, 5.74) is 1.37. The Balaban J connectivity index is 2.37. The molecule has 0 fully saturated rings. The van der Waals surface area contributed by atoms with Gasteiger partial charge in [0, 0.05) is 10.5 Å². The highest BCUT2D eigenvalue weighted by Crippen LogP contribution is 2.18. The van der Waals surface area contributed by atoms with Gasteiger partial charge < -0.3 is 0 Å². The maximum atomic E-state index is 13.4. The Hall–Kier alpha value is -1.72. The standard InChI is InChI=1S/C15H11FS/c1-17-15-9-5-3-7-13(15)11-10-12-6-2-4-8-14(12)16/h2-9H,1H3. The van der Waals surface area contributed by atoms with E-state index in [4.69, 9.17) is 0 Å². The van der Waals surface area contributed by atoms with Crippen molar-refractivity contribution >= 4 is 11.8 Å². The Bertz CT molecular complexity index is 579. The summed E-state index contributed by atoms with van der Waals surface area (Å²) in [7, 11) is 0. The molecule has 0 aliphatic carbocycles. The molecule has 2 aromatic carbocycles. The van der Waals surface area contributed by atoms with Crippen LogP contribution in [-0.4, -0.2) is 6.26 Å². The quantitative estimate of drug-likeness (QED) is 0.539. The fraction of sp³-hybridized carbons (Fsp3) is 0.0667. The minimum absolute atomic E-state index is 0.276. The Morgan fingerprint density at radius 2 is 1.47 bits per heavy atom. The summed E-state index contributed by atoms with van der Waals surface area (Å²) >= 11 is 1.64. The van der Waals surface area contributed by atoms with E-state index in [1.807, 2.05) is 30.5 Å². The summed E-state index contributed by atoms with van der Waals surface area (Å²) in [6.07, 6.45) is 2.00. The molecule has 17 heavy (non-hydrogen) atoms. The van der Waals surface area contributed by atoms with Gasteiger partial charge in [-0.15, -0.1) is 11.8 Å². The molecule has 0 unspecified atom stereocenters. The number of hydrogen-bond donors (Lipinski definition) is 0. The van der Waals surface area contributed by atoms with Gasteiger partial charge in [-0.05, 0) is 30.5 Å². The van der Waals surface area contributed by atoms with E-state index in [0.717, 1.165) is 10.5 Å². The SMILES string of the molecule is CSc1ccccc1C#Cc1ccccc1F. The maximum absolute atomic E-state index is 13.4.